The van der Waals surface area contributed by atoms with E-state index in [1.807, 2.05) is 30.3 Å². The molecule has 38 heavy (non-hydrogen) atoms. The van der Waals surface area contributed by atoms with Crippen LogP contribution in [0.2, 0.25) is 0 Å². The van der Waals surface area contributed by atoms with Crippen LogP contribution in [0, 0.1) is 0 Å². The summed E-state index contributed by atoms with van der Waals surface area (Å²) < 4.78 is 18.7. The average Bonchev–Trinajstić information content (AvgIpc) is 3.47. The predicted octanol–water partition coefficient (Wildman–Crippen LogP) is 2.64. The number of ether oxygens (including phenoxy) is 3. The van der Waals surface area contributed by atoms with Crippen molar-refractivity contribution in [1.29, 1.82) is 0 Å². The number of aromatic nitrogens is 4. The first-order valence-corrected chi connectivity index (χ1v) is 13.1. The predicted molar refractivity (Wildman–Crippen MR) is 138 cm³/mol. The van der Waals surface area contributed by atoms with Crippen molar-refractivity contribution in [2.45, 2.75) is 50.4 Å². The van der Waals surface area contributed by atoms with Crippen molar-refractivity contribution in [3.63, 3.8) is 0 Å². The molecule has 1 aliphatic carbocycles. The van der Waals surface area contributed by atoms with Crippen LogP contribution in [0.5, 0.6) is 5.75 Å². The molecule has 12 heteroatoms. The number of amides is 2. The van der Waals surface area contributed by atoms with Gasteiger partial charge in [0.05, 0.1) is 42.9 Å². The molecule has 3 fully saturated rings. The van der Waals surface area contributed by atoms with Gasteiger partial charge in [-0.3, -0.25) is 9.48 Å². The minimum Gasteiger partial charge on any atom is -0.488 e. The van der Waals surface area contributed by atoms with Gasteiger partial charge in [0, 0.05) is 50.6 Å². The van der Waals surface area contributed by atoms with Gasteiger partial charge >= 0.3 is 6.09 Å². The molecule has 2 aliphatic heterocycles. The zero-order chi connectivity index (χ0) is 26.1. The molecule has 2 N–H and O–H groups in total. The minimum absolute atomic E-state index is 0.00831. The Morgan fingerprint density at radius 1 is 1.05 bits per heavy atom. The molecular weight excluding hydrogens is 490 g/mol. The Hall–Kier alpha value is -3.93. The van der Waals surface area contributed by atoms with Crippen molar-refractivity contribution in [3.05, 3.63) is 36.4 Å². The molecule has 3 aromatic rings. The highest BCUT2D eigenvalue weighted by atomic mass is 16.6. The van der Waals surface area contributed by atoms with Gasteiger partial charge in [0.2, 0.25) is 0 Å². The molecule has 6 rings (SSSR count). The topological polar surface area (TPSA) is 133 Å². The Kier molecular flexibility index (Phi) is 6.71. The zero-order valence-corrected chi connectivity index (χ0v) is 21.3. The van der Waals surface area contributed by atoms with Crippen LogP contribution in [-0.4, -0.2) is 76.3 Å². The van der Waals surface area contributed by atoms with E-state index in [-0.39, 0.29) is 35.9 Å². The number of carbonyl (C=O) groups is 2. The Balaban J connectivity index is 1.12. The Bertz CT molecular complexity index is 1320. The van der Waals surface area contributed by atoms with E-state index in [1.54, 1.807) is 10.9 Å². The molecule has 3 aliphatic rings. The fourth-order valence-corrected chi connectivity index (χ4v) is 4.76. The summed E-state index contributed by atoms with van der Waals surface area (Å²) in [5, 5.41) is 11.2. The van der Waals surface area contributed by atoms with E-state index in [9.17, 15) is 9.59 Å². The lowest BCUT2D eigenvalue weighted by atomic mass is 10.1. The zero-order valence-electron chi connectivity index (χ0n) is 21.3. The molecule has 200 valence electrons. The maximum absolute atomic E-state index is 13.1. The molecule has 1 aromatic carbocycles. The lowest BCUT2D eigenvalue weighted by Crippen LogP contribution is -2.37. The smallest absolute Gasteiger partial charge is 0.407 e. The van der Waals surface area contributed by atoms with E-state index in [0.717, 1.165) is 49.6 Å². The summed E-state index contributed by atoms with van der Waals surface area (Å²) >= 11 is 0. The molecule has 1 saturated carbocycles. The quantitative estimate of drug-likeness (QED) is 0.481. The third-order valence-corrected chi connectivity index (χ3v) is 6.93. The molecule has 0 spiro atoms. The van der Waals surface area contributed by atoms with Gasteiger partial charge in [-0.2, -0.15) is 5.10 Å². The van der Waals surface area contributed by atoms with Crippen molar-refractivity contribution in [1.82, 2.24) is 25.1 Å². The molecule has 4 heterocycles. The number of rotatable bonds is 7. The van der Waals surface area contributed by atoms with Gasteiger partial charge in [-0.05, 0) is 25.3 Å². The molecule has 0 bridgehead atoms. The van der Waals surface area contributed by atoms with E-state index in [4.69, 9.17) is 14.2 Å². The summed E-state index contributed by atoms with van der Waals surface area (Å²) in [6.07, 6.45) is 8.92. The van der Waals surface area contributed by atoms with E-state index in [0.29, 0.717) is 37.0 Å². The summed E-state index contributed by atoms with van der Waals surface area (Å²) in [6, 6.07) is 3.71. The highest BCUT2D eigenvalue weighted by Crippen LogP contribution is 2.32. The van der Waals surface area contributed by atoms with Gasteiger partial charge in [-0.25, -0.2) is 14.8 Å². The minimum atomic E-state index is -0.382. The number of aryl methyl sites for hydroxylation is 1. The van der Waals surface area contributed by atoms with Crippen LogP contribution in [0.25, 0.3) is 10.9 Å². The highest BCUT2D eigenvalue weighted by Gasteiger charge is 2.30. The lowest BCUT2D eigenvalue weighted by molar-refractivity contribution is 0.0258. The number of carbonyl (C=O) groups excluding carboxylic acids is 2. The Morgan fingerprint density at radius 3 is 2.66 bits per heavy atom. The maximum atomic E-state index is 13.1. The van der Waals surface area contributed by atoms with Crippen molar-refractivity contribution >= 4 is 34.4 Å². The maximum Gasteiger partial charge on any atom is 0.407 e. The SMILES string of the molecule is Cn1cc2cc(NC(=O)c3cnc(N4CC[C@@H](NC(=O)OC5CC5)C4)cn3)c(OC3CCOCC3)cc2n1. The molecule has 0 radical (unpaired) electrons. The second-order valence-electron chi connectivity index (χ2n) is 10.0. The van der Waals surface area contributed by atoms with Crippen molar-refractivity contribution in [2.75, 3.05) is 36.5 Å². The first kappa shape index (κ1) is 24.4. The van der Waals surface area contributed by atoms with Crippen LogP contribution in [0.15, 0.2) is 30.7 Å². The lowest BCUT2D eigenvalue weighted by Gasteiger charge is -2.24. The second-order valence-corrected chi connectivity index (χ2v) is 10.0. The monoisotopic (exact) mass is 521 g/mol. The molecule has 2 aromatic heterocycles. The number of fused-ring (bicyclic) bond motifs is 1. The summed E-state index contributed by atoms with van der Waals surface area (Å²) in [4.78, 5) is 35.9. The van der Waals surface area contributed by atoms with Gasteiger partial charge in [0.25, 0.3) is 5.91 Å². The van der Waals surface area contributed by atoms with Crippen LogP contribution in [-0.2, 0) is 16.5 Å². The van der Waals surface area contributed by atoms with Crippen LogP contribution < -0.4 is 20.3 Å². The van der Waals surface area contributed by atoms with Crippen LogP contribution in [0.4, 0.5) is 16.3 Å². The standard InChI is InChI=1S/C26H31N7O5/c1-32-14-16-10-21(23(11-20(16)31-32)37-19-5-8-36-9-6-19)30-25(34)22-12-28-24(13-27-22)33-7-4-17(15-33)29-26(35)38-18-2-3-18/h10-14,17-19H,2-9,15H2,1H3,(H,29,35)(H,30,34)/t17-/m1/s1. The van der Waals surface area contributed by atoms with Crippen LogP contribution in [0.1, 0.15) is 42.6 Å². The second kappa shape index (κ2) is 10.4. The molecule has 2 saturated heterocycles. The third-order valence-electron chi connectivity index (χ3n) is 6.93. The van der Waals surface area contributed by atoms with Crippen molar-refractivity contribution < 1.29 is 23.8 Å². The summed E-state index contributed by atoms with van der Waals surface area (Å²) in [5.74, 6) is 0.839. The van der Waals surface area contributed by atoms with Crippen LogP contribution in [0.3, 0.4) is 0 Å². The van der Waals surface area contributed by atoms with E-state index in [2.05, 4.69) is 25.7 Å². The molecule has 1 atom stereocenters. The number of hydrogen-bond donors (Lipinski definition) is 2. The number of anilines is 2. The summed E-state index contributed by atoms with van der Waals surface area (Å²) in [6.45, 7) is 2.64. The third kappa shape index (κ3) is 5.64. The number of benzene rings is 1. The average molecular weight is 522 g/mol. The number of nitrogens with zero attached hydrogens (tertiary/aromatic N) is 5. The van der Waals surface area contributed by atoms with Gasteiger partial charge in [0.1, 0.15) is 29.5 Å². The Morgan fingerprint density at radius 2 is 1.89 bits per heavy atom. The fraction of sp³-hybridized carbons (Fsp3) is 0.500. The number of nitrogens with one attached hydrogen (secondary N) is 2. The summed E-state index contributed by atoms with van der Waals surface area (Å²) in [5.41, 5.74) is 1.54. The van der Waals surface area contributed by atoms with Gasteiger partial charge in [-0.1, -0.05) is 0 Å². The van der Waals surface area contributed by atoms with Gasteiger partial charge in [-0.15, -0.1) is 0 Å². The highest BCUT2D eigenvalue weighted by molar-refractivity contribution is 6.04. The first-order chi connectivity index (χ1) is 18.5. The largest absolute Gasteiger partial charge is 0.488 e. The van der Waals surface area contributed by atoms with E-state index in [1.165, 1.54) is 6.20 Å². The molecule has 0 unspecified atom stereocenters. The number of hydrogen-bond acceptors (Lipinski definition) is 9. The van der Waals surface area contributed by atoms with E-state index >= 15 is 0 Å². The molecule has 12 nitrogen and oxygen atoms in total. The molecular formula is C26H31N7O5. The number of alkyl carbamates (subject to hydrolysis) is 1. The van der Waals surface area contributed by atoms with Crippen molar-refractivity contribution in [3.8, 4) is 5.75 Å². The fourth-order valence-electron chi connectivity index (χ4n) is 4.76. The van der Waals surface area contributed by atoms with Gasteiger partial charge < -0.3 is 29.7 Å². The van der Waals surface area contributed by atoms with Gasteiger partial charge in [0.15, 0.2) is 0 Å². The summed E-state index contributed by atoms with van der Waals surface area (Å²) in [7, 11) is 1.85. The Labute approximate surface area is 219 Å². The first-order valence-electron chi connectivity index (χ1n) is 13.1. The normalized spacial score (nSPS) is 19.9. The molecule has 2 amide bonds. The van der Waals surface area contributed by atoms with Crippen LogP contribution >= 0.6 is 0 Å². The van der Waals surface area contributed by atoms with Crippen molar-refractivity contribution in [2.24, 2.45) is 7.05 Å². The van der Waals surface area contributed by atoms with E-state index < -0.39 is 0 Å².